The molecular weight excluding hydrogens is 195 g/mol. The lowest BCUT2D eigenvalue weighted by Crippen LogP contribution is -1.91. The summed E-state index contributed by atoms with van der Waals surface area (Å²) in [5, 5.41) is 6.68. The van der Waals surface area contributed by atoms with Crippen molar-refractivity contribution in [3.8, 4) is 11.3 Å². The van der Waals surface area contributed by atoms with E-state index in [9.17, 15) is 4.39 Å². The van der Waals surface area contributed by atoms with Crippen molar-refractivity contribution in [3.05, 3.63) is 29.8 Å². The molecule has 0 bridgehead atoms. The highest BCUT2D eigenvalue weighted by Gasteiger charge is 2.11. The van der Waals surface area contributed by atoms with Crippen molar-refractivity contribution in [3.63, 3.8) is 0 Å². The van der Waals surface area contributed by atoms with Gasteiger partial charge in [0.15, 0.2) is 0 Å². The Bertz CT molecular complexity index is 478. The number of hydrogen-bond acceptors (Lipinski definition) is 3. The number of aromatic amines is 1. The minimum absolute atomic E-state index is 0.372. The number of H-pyrrole nitrogens is 1. The van der Waals surface area contributed by atoms with E-state index in [1.807, 2.05) is 6.92 Å². The Kier molecular flexibility index (Phi) is 2.37. The Balaban J connectivity index is 2.54. The predicted molar refractivity (Wildman–Crippen MR) is 55.6 cm³/mol. The number of pyridine rings is 1. The van der Waals surface area contributed by atoms with Gasteiger partial charge in [-0.2, -0.15) is 5.10 Å². The molecule has 0 aromatic carbocycles. The van der Waals surface area contributed by atoms with Crippen LogP contribution in [0.3, 0.4) is 0 Å². The van der Waals surface area contributed by atoms with Gasteiger partial charge in [0.25, 0.3) is 0 Å². The van der Waals surface area contributed by atoms with E-state index >= 15 is 0 Å². The van der Waals surface area contributed by atoms with Crippen LogP contribution in [0.5, 0.6) is 0 Å². The van der Waals surface area contributed by atoms with Crippen molar-refractivity contribution in [1.29, 1.82) is 0 Å². The van der Waals surface area contributed by atoms with Gasteiger partial charge < -0.3 is 5.73 Å². The highest BCUT2D eigenvalue weighted by molar-refractivity contribution is 5.67. The molecule has 0 unspecified atom stereocenters. The van der Waals surface area contributed by atoms with Crippen LogP contribution in [0, 0.1) is 5.82 Å². The molecule has 0 spiro atoms. The summed E-state index contributed by atoms with van der Waals surface area (Å²) in [4.78, 5) is 3.78. The van der Waals surface area contributed by atoms with Crippen LogP contribution in [0.25, 0.3) is 11.3 Å². The lowest BCUT2D eigenvalue weighted by atomic mass is 10.1. The standard InChI is InChI=1S/C10H11FN4/c1-2-8-9(14-15-10(8)12)6-3-7(11)5-13-4-6/h3-5H,2H2,1H3,(H3,12,14,15). The molecule has 0 saturated heterocycles. The van der Waals surface area contributed by atoms with Crippen LogP contribution in [-0.2, 0) is 6.42 Å². The second-order valence-electron chi connectivity index (χ2n) is 3.21. The lowest BCUT2D eigenvalue weighted by molar-refractivity contribution is 0.622. The molecule has 0 amide bonds. The quantitative estimate of drug-likeness (QED) is 0.786. The average molecular weight is 206 g/mol. The summed E-state index contributed by atoms with van der Waals surface area (Å²) in [5.74, 6) is 0.0829. The first-order chi connectivity index (χ1) is 7.22. The monoisotopic (exact) mass is 206 g/mol. The van der Waals surface area contributed by atoms with Crippen LogP contribution in [0.1, 0.15) is 12.5 Å². The summed E-state index contributed by atoms with van der Waals surface area (Å²) in [6.07, 6.45) is 3.48. The molecule has 0 aliphatic heterocycles. The Morgan fingerprint density at radius 1 is 1.47 bits per heavy atom. The molecule has 0 fully saturated rings. The summed E-state index contributed by atoms with van der Waals surface area (Å²) < 4.78 is 13.0. The second kappa shape index (κ2) is 3.68. The Labute approximate surface area is 86.3 Å². The van der Waals surface area contributed by atoms with E-state index in [0.717, 1.165) is 23.9 Å². The topological polar surface area (TPSA) is 67.6 Å². The lowest BCUT2D eigenvalue weighted by Gasteiger charge is -2.00. The summed E-state index contributed by atoms with van der Waals surface area (Å²) in [6.45, 7) is 1.97. The highest BCUT2D eigenvalue weighted by atomic mass is 19.1. The molecule has 3 N–H and O–H groups in total. The van der Waals surface area contributed by atoms with E-state index in [4.69, 9.17) is 5.73 Å². The molecule has 2 aromatic rings. The minimum Gasteiger partial charge on any atom is -0.382 e. The smallest absolute Gasteiger partial charge is 0.149 e. The summed E-state index contributed by atoms with van der Waals surface area (Å²) >= 11 is 0. The first-order valence-corrected chi connectivity index (χ1v) is 4.66. The third kappa shape index (κ3) is 1.68. The van der Waals surface area contributed by atoms with Crippen molar-refractivity contribution in [2.75, 3.05) is 5.73 Å². The average Bonchev–Trinajstić information content (AvgIpc) is 2.59. The van der Waals surface area contributed by atoms with Crippen LogP contribution < -0.4 is 5.73 Å². The van der Waals surface area contributed by atoms with Gasteiger partial charge in [0, 0.05) is 17.3 Å². The third-order valence-corrected chi connectivity index (χ3v) is 2.25. The first kappa shape index (κ1) is 9.64. The molecule has 0 radical (unpaired) electrons. The Hall–Kier alpha value is -1.91. The van der Waals surface area contributed by atoms with Crippen molar-refractivity contribution >= 4 is 5.82 Å². The predicted octanol–water partition coefficient (Wildman–Crippen LogP) is 1.76. The summed E-state index contributed by atoms with van der Waals surface area (Å²) in [5.41, 5.74) is 7.96. The second-order valence-corrected chi connectivity index (χ2v) is 3.21. The Morgan fingerprint density at radius 2 is 2.27 bits per heavy atom. The normalized spacial score (nSPS) is 10.5. The molecule has 2 heterocycles. The zero-order valence-electron chi connectivity index (χ0n) is 8.29. The molecular formula is C10H11FN4. The maximum absolute atomic E-state index is 13.0. The van der Waals surface area contributed by atoms with Crippen molar-refractivity contribution in [2.45, 2.75) is 13.3 Å². The maximum Gasteiger partial charge on any atom is 0.149 e. The SMILES string of the molecule is CCc1c(N)n[nH]c1-c1cncc(F)c1. The minimum atomic E-state index is -0.372. The number of halogens is 1. The van der Waals surface area contributed by atoms with E-state index in [2.05, 4.69) is 15.2 Å². The number of nitrogen functional groups attached to an aromatic ring is 1. The zero-order valence-corrected chi connectivity index (χ0v) is 8.29. The van der Waals surface area contributed by atoms with Gasteiger partial charge in [0.1, 0.15) is 11.6 Å². The van der Waals surface area contributed by atoms with Gasteiger partial charge in [-0.3, -0.25) is 10.1 Å². The van der Waals surface area contributed by atoms with Gasteiger partial charge in [-0.25, -0.2) is 4.39 Å². The fourth-order valence-corrected chi connectivity index (χ4v) is 1.52. The fourth-order valence-electron chi connectivity index (χ4n) is 1.52. The number of nitrogens with one attached hydrogen (secondary N) is 1. The van der Waals surface area contributed by atoms with E-state index in [0.29, 0.717) is 11.4 Å². The zero-order chi connectivity index (χ0) is 10.8. The largest absolute Gasteiger partial charge is 0.382 e. The van der Waals surface area contributed by atoms with Gasteiger partial charge in [-0.1, -0.05) is 6.92 Å². The molecule has 0 saturated carbocycles. The number of aromatic nitrogens is 3. The molecule has 2 rings (SSSR count). The van der Waals surface area contributed by atoms with Crippen LogP contribution in [-0.4, -0.2) is 15.2 Å². The van der Waals surface area contributed by atoms with Gasteiger partial charge in [0.2, 0.25) is 0 Å². The third-order valence-electron chi connectivity index (χ3n) is 2.25. The number of nitrogens with two attached hydrogens (primary N) is 1. The van der Waals surface area contributed by atoms with Crippen molar-refractivity contribution < 1.29 is 4.39 Å². The van der Waals surface area contributed by atoms with E-state index < -0.39 is 0 Å². The van der Waals surface area contributed by atoms with Crippen molar-refractivity contribution in [1.82, 2.24) is 15.2 Å². The highest BCUT2D eigenvalue weighted by Crippen LogP contribution is 2.25. The summed E-state index contributed by atoms with van der Waals surface area (Å²) in [6, 6.07) is 1.40. The van der Waals surface area contributed by atoms with Crippen LogP contribution in [0.15, 0.2) is 18.5 Å². The van der Waals surface area contributed by atoms with Crippen LogP contribution in [0.2, 0.25) is 0 Å². The fraction of sp³-hybridized carbons (Fsp3) is 0.200. The molecule has 5 heteroatoms. The molecule has 4 nitrogen and oxygen atoms in total. The molecule has 15 heavy (non-hydrogen) atoms. The number of nitrogens with zero attached hydrogens (tertiary/aromatic N) is 2. The summed E-state index contributed by atoms with van der Waals surface area (Å²) in [7, 11) is 0. The molecule has 78 valence electrons. The molecule has 0 aliphatic carbocycles. The van der Waals surface area contributed by atoms with Gasteiger partial charge in [0.05, 0.1) is 11.9 Å². The Morgan fingerprint density at radius 3 is 2.93 bits per heavy atom. The van der Waals surface area contributed by atoms with Crippen LogP contribution in [0.4, 0.5) is 10.2 Å². The first-order valence-electron chi connectivity index (χ1n) is 4.66. The van der Waals surface area contributed by atoms with Crippen LogP contribution >= 0.6 is 0 Å². The van der Waals surface area contributed by atoms with Gasteiger partial charge >= 0.3 is 0 Å². The molecule has 0 atom stereocenters. The maximum atomic E-state index is 13.0. The van der Waals surface area contributed by atoms with E-state index in [1.165, 1.54) is 6.07 Å². The van der Waals surface area contributed by atoms with E-state index in [-0.39, 0.29) is 5.82 Å². The van der Waals surface area contributed by atoms with Gasteiger partial charge in [-0.05, 0) is 12.5 Å². The molecule has 0 aliphatic rings. The number of anilines is 1. The van der Waals surface area contributed by atoms with Crippen molar-refractivity contribution in [2.24, 2.45) is 0 Å². The number of rotatable bonds is 2. The van der Waals surface area contributed by atoms with Gasteiger partial charge in [-0.15, -0.1) is 0 Å². The number of hydrogen-bond donors (Lipinski definition) is 2. The van der Waals surface area contributed by atoms with E-state index in [1.54, 1.807) is 6.20 Å². The molecule has 2 aromatic heterocycles.